The number of nitrogens with zero attached hydrogens (tertiary/aromatic N) is 1. The molecule has 0 aliphatic carbocycles. The van der Waals surface area contributed by atoms with E-state index in [9.17, 15) is 9.59 Å². The van der Waals surface area contributed by atoms with Crippen molar-refractivity contribution >= 4 is 0 Å². The topological polar surface area (TPSA) is 64.1 Å². The van der Waals surface area contributed by atoms with Gasteiger partial charge in [0.25, 0.3) is 5.56 Å². The van der Waals surface area contributed by atoms with Crippen LogP contribution in [0.1, 0.15) is 26.5 Å². The van der Waals surface area contributed by atoms with Gasteiger partial charge in [0.05, 0.1) is 5.76 Å². The minimum Gasteiger partial charge on any atom is -0.475 e. The molecular weight excluding hydrogens is 196 g/mol. The summed E-state index contributed by atoms with van der Waals surface area (Å²) < 4.78 is 6.65. The second kappa shape index (κ2) is 4.63. The summed E-state index contributed by atoms with van der Waals surface area (Å²) in [5, 5.41) is 0. The number of ether oxygens (including phenoxy) is 1. The lowest BCUT2D eigenvalue weighted by Crippen LogP contribution is -2.31. The Bertz CT molecular complexity index is 458. The fraction of sp³-hybridized carbons (Fsp3) is 0.400. The van der Waals surface area contributed by atoms with Crippen LogP contribution in [0.3, 0.4) is 0 Å². The van der Waals surface area contributed by atoms with Gasteiger partial charge in [0, 0.05) is 18.7 Å². The van der Waals surface area contributed by atoms with Crippen LogP contribution in [0.5, 0.6) is 0 Å². The van der Waals surface area contributed by atoms with Crippen LogP contribution in [0.25, 0.3) is 0 Å². The van der Waals surface area contributed by atoms with Gasteiger partial charge in [-0.2, -0.15) is 0 Å². The fourth-order valence-corrected chi connectivity index (χ4v) is 1.09. The molecule has 5 nitrogen and oxygen atoms in total. The lowest BCUT2D eigenvalue weighted by molar-refractivity contribution is 0.0652. The van der Waals surface area contributed by atoms with Gasteiger partial charge in [-0.15, -0.1) is 0 Å². The van der Waals surface area contributed by atoms with Crippen LogP contribution < -0.4 is 11.2 Å². The molecule has 1 rings (SSSR count). The van der Waals surface area contributed by atoms with Crippen LogP contribution in [0.2, 0.25) is 0 Å². The summed E-state index contributed by atoms with van der Waals surface area (Å²) >= 11 is 0. The van der Waals surface area contributed by atoms with Gasteiger partial charge >= 0.3 is 5.69 Å². The van der Waals surface area contributed by atoms with Crippen LogP contribution in [0.4, 0.5) is 0 Å². The molecule has 0 radical (unpaired) electrons. The maximum absolute atomic E-state index is 11.3. The molecule has 0 saturated carbocycles. The lowest BCUT2D eigenvalue weighted by atomic mass is 10.4. The molecule has 0 aromatic carbocycles. The van der Waals surface area contributed by atoms with Gasteiger partial charge in [-0.05, 0) is 6.92 Å². The molecule has 0 spiro atoms. The Kier molecular flexibility index (Phi) is 3.49. The SMILES string of the molecule is C=C(CC)OC(C)n1ccc(=O)[nH]c1=O. The summed E-state index contributed by atoms with van der Waals surface area (Å²) in [4.78, 5) is 24.3. The van der Waals surface area contributed by atoms with E-state index in [1.807, 2.05) is 6.92 Å². The third-order valence-electron chi connectivity index (χ3n) is 1.97. The van der Waals surface area contributed by atoms with Crippen LogP contribution >= 0.6 is 0 Å². The number of aromatic nitrogens is 2. The molecule has 0 bridgehead atoms. The van der Waals surface area contributed by atoms with Gasteiger partial charge in [-0.25, -0.2) is 4.79 Å². The van der Waals surface area contributed by atoms with Crippen LogP contribution in [-0.2, 0) is 4.74 Å². The summed E-state index contributed by atoms with van der Waals surface area (Å²) in [5.41, 5.74) is -0.906. The number of nitrogens with one attached hydrogen (secondary N) is 1. The molecule has 1 atom stereocenters. The predicted octanol–water partition coefficient (Wildman–Crippen LogP) is 0.995. The maximum atomic E-state index is 11.3. The van der Waals surface area contributed by atoms with Crippen molar-refractivity contribution in [1.29, 1.82) is 0 Å². The molecule has 0 aliphatic heterocycles. The normalized spacial score (nSPS) is 12.1. The van der Waals surface area contributed by atoms with Crippen molar-refractivity contribution < 1.29 is 4.74 Å². The summed E-state index contributed by atoms with van der Waals surface area (Å²) in [6.45, 7) is 7.29. The van der Waals surface area contributed by atoms with Gasteiger partial charge in [0.2, 0.25) is 0 Å². The van der Waals surface area contributed by atoms with Crippen molar-refractivity contribution in [2.45, 2.75) is 26.5 Å². The van der Waals surface area contributed by atoms with Crippen molar-refractivity contribution in [2.75, 3.05) is 0 Å². The van der Waals surface area contributed by atoms with E-state index < -0.39 is 17.5 Å². The monoisotopic (exact) mass is 210 g/mol. The first-order valence-corrected chi connectivity index (χ1v) is 4.70. The predicted molar refractivity (Wildman–Crippen MR) is 56.5 cm³/mol. The molecule has 15 heavy (non-hydrogen) atoms. The third kappa shape index (κ3) is 2.83. The molecule has 0 amide bonds. The van der Waals surface area contributed by atoms with Crippen LogP contribution in [0, 0.1) is 0 Å². The highest BCUT2D eigenvalue weighted by Gasteiger charge is 2.07. The molecule has 0 fully saturated rings. The first kappa shape index (κ1) is 11.3. The van der Waals surface area contributed by atoms with Crippen molar-refractivity contribution in [1.82, 2.24) is 9.55 Å². The van der Waals surface area contributed by atoms with E-state index in [0.29, 0.717) is 12.2 Å². The summed E-state index contributed by atoms with van der Waals surface area (Å²) in [5.74, 6) is 0.598. The van der Waals surface area contributed by atoms with E-state index in [2.05, 4.69) is 11.6 Å². The zero-order valence-corrected chi connectivity index (χ0v) is 8.82. The second-order valence-electron chi connectivity index (χ2n) is 3.13. The van der Waals surface area contributed by atoms with E-state index >= 15 is 0 Å². The first-order valence-electron chi connectivity index (χ1n) is 4.70. The Labute approximate surface area is 87.0 Å². The number of allylic oxidation sites excluding steroid dienone is 1. The van der Waals surface area contributed by atoms with Gasteiger partial charge in [0.15, 0.2) is 6.23 Å². The molecule has 0 saturated heterocycles. The Hall–Kier alpha value is -1.78. The third-order valence-corrected chi connectivity index (χ3v) is 1.97. The minimum absolute atomic E-state index is 0.419. The molecule has 1 aromatic rings. The highest BCUT2D eigenvalue weighted by molar-refractivity contribution is 4.86. The smallest absolute Gasteiger partial charge is 0.331 e. The number of rotatable bonds is 4. The molecule has 1 unspecified atom stereocenters. The standard InChI is InChI=1S/C10H14N2O3/c1-4-7(2)15-8(3)12-6-5-9(13)11-10(12)14/h5-6,8H,2,4H2,1,3H3,(H,11,13,14). The van der Waals surface area contributed by atoms with E-state index in [1.54, 1.807) is 6.92 Å². The molecule has 82 valence electrons. The highest BCUT2D eigenvalue weighted by atomic mass is 16.5. The first-order chi connectivity index (χ1) is 7.04. The molecule has 1 aromatic heterocycles. The van der Waals surface area contributed by atoms with Crippen molar-refractivity contribution in [3.05, 3.63) is 45.4 Å². The number of aromatic amines is 1. The van der Waals surface area contributed by atoms with Crippen LogP contribution in [-0.4, -0.2) is 9.55 Å². The largest absolute Gasteiger partial charge is 0.475 e. The van der Waals surface area contributed by atoms with Gasteiger partial charge in [0.1, 0.15) is 0 Å². The quantitative estimate of drug-likeness (QED) is 0.754. The van der Waals surface area contributed by atoms with Crippen molar-refractivity contribution in [2.24, 2.45) is 0 Å². The highest BCUT2D eigenvalue weighted by Crippen LogP contribution is 2.10. The summed E-state index contributed by atoms with van der Waals surface area (Å²) in [7, 11) is 0. The molecular formula is C10H14N2O3. The van der Waals surface area contributed by atoms with E-state index in [0.717, 1.165) is 0 Å². The minimum atomic E-state index is -0.487. The Morgan fingerprint density at radius 3 is 2.87 bits per heavy atom. The van der Waals surface area contributed by atoms with Crippen LogP contribution in [0.15, 0.2) is 34.2 Å². The lowest BCUT2D eigenvalue weighted by Gasteiger charge is -2.17. The zero-order chi connectivity index (χ0) is 11.4. The Morgan fingerprint density at radius 2 is 2.33 bits per heavy atom. The van der Waals surface area contributed by atoms with Gasteiger partial charge in [-0.1, -0.05) is 13.5 Å². The average Bonchev–Trinajstić information content (AvgIpc) is 2.17. The van der Waals surface area contributed by atoms with E-state index in [1.165, 1.54) is 16.8 Å². The second-order valence-corrected chi connectivity index (χ2v) is 3.13. The molecule has 1 N–H and O–H groups in total. The average molecular weight is 210 g/mol. The van der Waals surface area contributed by atoms with E-state index in [4.69, 9.17) is 4.74 Å². The Morgan fingerprint density at radius 1 is 1.67 bits per heavy atom. The number of H-pyrrole nitrogens is 1. The van der Waals surface area contributed by atoms with Crippen molar-refractivity contribution in [3.63, 3.8) is 0 Å². The molecule has 1 heterocycles. The fourth-order valence-electron chi connectivity index (χ4n) is 1.09. The van der Waals surface area contributed by atoms with E-state index in [-0.39, 0.29) is 0 Å². The Balaban J connectivity index is 2.92. The summed E-state index contributed by atoms with van der Waals surface area (Å²) in [6.07, 6.45) is 1.61. The number of hydrogen-bond acceptors (Lipinski definition) is 3. The summed E-state index contributed by atoms with van der Waals surface area (Å²) in [6, 6.07) is 1.27. The zero-order valence-electron chi connectivity index (χ0n) is 8.82. The number of hydrogen-bond donors (Lipinski definition) is 1. The van der Waals surface area contributed by atoms with Gasteiger partial charge in [-0.3, -0.25) is 14.3 Å². The molecule has 5 heteroatoms. The van der Waals surface area contributed by atoms with Crippen molar-refractivity contribution in [3.8, 4) is 0 Å². The van der Waals surface area contributed by atoms with Gasteiger partial charge < -0.3 is 4.74 Å². The maximum Gasteiger partial charge on any atom is 0.331 e. The molecule has 0 aliphatic rings.